The average molecular weight is 422 g/mol. The van der Waals surface area contributed by atoms with Gasteiger partial charge in [0.2, 0.25) is 5.62 Å². The molecule has 0 saturated heterocycles. The third-order valence-corrected chi connectivity index (χ3v) is 4.69. The van der Waals surface area contributed by atoms with Crippen molar-refractivity contribution in [3.63, 3.8) is 0 Å². The number of carbonyl (C=O) groups excluding carboxylic acids is 1. The third kappa shape index (κ3) is 5.93. The second-order valence-corrected chi connectivity index (χ2v) is 8.62. The van der Waals surface area contributed by atoms with Crippen molar-refractivity contribution in [3.8, 4) is 0 Å². The fraction of sp³-hybridized carbons (Fsp3) is 0.750. The summed E-state index contributed by atoms with van der Waals surface area (Å²) in [6.45, 7) is 6.05. The van der Waals surface area contributed by atoms with Crippen molar-refractivity contribution < 1.29 is 9.53 Å². The number of allylic oxidation sites excluding steroid dienone is 1. The van der Waals surface area contributed by atoms with Gasteiger partial charge in [-0.2, -0.15) is 0 Å². The zero-order valence-electron chi connectivity index (χ0n) is 14.4. The minimum atomic E-state index is -0.508. The van der Waals surface area contributed by atoms with E-state index in [-0.39, 0.29) is 5.54 Å². The lowest BCUT2D eigenvalue weighted by atomic mass is 9.82. The fourth-order valence-corrected chi connectivity index (χ4v) is 3.40. The van der Waals surface area contributed by atoms with Crippen molar-refractivity contribution >= 4 is 39.8 Å². The molecule has 0 bridgehead atoms. The van der Waals surface area contributed by atoms with E-state index < -0.39 is 17.3 Å². The van der Waals surface area contributed by atoms with Gasteiger partial charge in [-0.05, 0) is 49.5 Å². The second kappa shape index (κ2) is 8.06. The summed E-state index contributed by atoms with van der Waals surface area (Å²) < 4.78 is 6.19. The van der Waals surface area contributed by atoms with E-state index in [9.17, 15) is 4.79 Å². The minimum Gasteiger partial charge on any atom is -0.444 e. The molecule has 24 heavy (non-hydrogen) atoms. The molecule has 1 aliphatic carbocycles. The lowest BCUT2D eigenvalue weighted by molar-refractivity contribution is 0.0459. The maximum absolute atomic E-state index is 12.0. The number of alkyl carbamates (subject to hydrolysis) is 1. The molecule has 1 saturated carbocycles. The van der Waals surface area contributed by atoms with Gasteiger partial charge in [-0.25, -0.2) is 10.2 Å². The normalized spacial score (nSPS) is 23.6. The smallest absolute Gasteiger partial charge is 0.407 e. The van der Waals surface area contributed by atoms with Crippen LogP contribution >= 0.6 is 27.5 Å². The van der Waals surface area contributed by atoms with Crippen LogP contribution in [-0.4, -0.2) is 40.6 Å². The Morgan fingerprint density at radius 1 is 1.46 bits per heavy atom. The summed E-state index contributed by atoms with van der Waals surface area (Å²) in [5.74, 6) is 0. The van der Waals surface area contributed by atoms with Crippen molar-refractivity contribution in [2.75, 3.05) is 6.54 Å². The molecule has 1 amide bonds. The summed E-state index contributed by atoms with van der Waals surface area (Å²) in [5.41, 5.74) is 2.22. The maximum atomic E-state index is 12.0. The van der Waals surface area contributed by atoms with E-state index >= 15 is 0 Å². The maximum Gasteiger partial charge on any atom is 0.407 e. The van der Waals surface area contributed by atoms with E-state index in [0.717, 1.165) is 30.2 Å². The van der Waals surface area contributed by atoms with E-state index in [1.54, 1.807) is 11.2 Å². The fourth-order valence-electron chi connectivity index (χ4n) is 2.90. The van der Waals surface area contributed by atoms with E-state index in [4.69, 9.17) is 16.3 Å². The van der Waals surface area contributed by atoms with Crippen LogP contribution in [0.25, 0.3) is 0 Å². The first-order valence-corrected chi connectivity index (χ1v) is 9.50. The third-order valence-electron chi connectivity index (χ3n) is 3.96. The predicted octanol–water partition coefficient (Wildman–Crippen LogP) is 3.86. The largest absolute Gasteiger partial charge is 0.444 e. The number of hydrazine groups is 1. The van der Waals surface area contributed by atoms with Crippen LogP contribution < -0.4 is 10.7 Å². The molecule has 1 atom stereocenters. The molecule has 8 heteroatoms. The van der Waals surface area contributed by atoms with Gasteiger partial charge in [0.25, 0.3) is 0 Å². The van der Waals surface area contributed by atoms with Crippen LogP contribution in [0.4, 0.5) is 4.79 Å². The number of aliphatic imine (C=N–C) groups is 1. The average Bonchev–Trinajstić information content (AvgIpc) is 2.48. The monoisotopic (exact) mass is 420 g/mol. The van der Waals surface area contributed by atoms with Crippen molar-refractivity contribution in [1.82, 2.24) is 15.8 Å². The SMILES string of the molecule is CC(C)(C)OC(=O)NCC1(NN2C=C(Br)C=NC2Cl)CCCCC1. The molecule has 0 aromatic carbocycles. The van der Waals surface area contributed by atoms with Gasteiger partial charge in [0, 0.05) is 19.0 Å². The molecule has 6 nitrogen and oxygen atoms in total. The molecule has 1 aliphatic heterocycles. The minimum absolute atomic E-state index is 0.251. The van der Waals surface area contributed by atoms with Crippen molar-refractivity contribution in [3.05, 3.63) is 10.7 Å². The summed E-state index contributed by atoms with van der Waals surface area (Å²) in [5, 5.41) is 4.69. The molecule has 0 aromatic rings. The molecule has 1 heterocycles. The van der Waals surface area contributed by atoms with Crippen molar-refractivity contribution in [2.24, 2.45) is 4.99 Å². The Kier molecular flexibility index (Phi) is 6.56. The summed E-state index contributed by atoms with van der Waals surface area (Å²) in [7, 11) is 0. The van der Waals surface area contributed by atoms with Gasteiger partial charge in [-0.3, -0.25) is 10.0 Å². The van der Waals surface area contributed by atoms with Gasteiger partial charge in [0.1, 0.15) is 5.60 Å². The number of halogens is 2. The first-order valence-electron chi connectivity index (χ1n) is 8.27. The van der Waals surface area contributed by atoms with Crippen molar-refractivity contribution in [1.29, 1.82) is 0 Å². The van der Waals surface area contributed by atoms with Gasteiger partial charge >= 0.3 is 6.09 Å². The van der Waals surface area contributed by atoms with E-state index in [2.05, 4.69) is 31.7 Å². The summed E-state index contributed by atoms with van der Waals surface area (Å²) in [6.07, 6.45) is 8.49. The van der Waals surface area contributed by atoms with Gasteiger partial charge in [-0.15, -0.1) is 0 Å². The van der Waals surface area contributed by atoms with E-state index in [1.807, 2.05) is 27.0 Å². The Labute approximate surface area is 157 Å². The Balaban J connectivity index is 2.01. The van der Waals surface area contributed by atoms with Crippen LogP contribution in [-0.2, 0) is 4.74 Å². The van der Waals surface area contributed by atoms with Gasteiger partial charge in [0.05, 0.1) is 10.0 Å². The molecule has 136 valence electrons. The van der Waals surface area contributed by atoms with Crippen LogP contribution in [0.1, 0.15) is 52.9 Å². The molecule has 1 unspecified atom stereocenters. The summed E-state index contributed by atoms with van der Waals surface area (Å²) in [4.78, 5) is 16.2. The standard InChI is InChI=1S/C16H26BrClN4O2/c1-15(2,3)24-14(23)20-11-16(7-5-4-6-8-16)21-22-10-12(17)9-19-13(22)18/h9-10,13,21H,4-8,11H2,1-3H3,(H,20,23). The highest BCUT2D eigenvalue weighted by Gasteiger charge is 2.35. The summed E-state index contributed by atoms with van der Waals surface area (Å²) in [6, 6.07) is 0. The topological polar surface area (TPSA) is 66.0 Å². The van der Waals surface area contributed by atoms with Crippen LogP contribution in [0.2, 0.25) is 0 Å². The second-order valence-electron chi connectivity index (χ2n) is 7.32. The molecule has 2 rings (SSSR count). The van der Waals surface area contributed by atoms with Crippen LogP contribution in [0, 0.1) is 0 Å². The number of amides is 1. The lowest BCUT2D eigenvalue weighted by Crippen LogP contribution is -2.60. The van der Waals surface area contributed by atoms with Gasteiger partial charge < -0.3 is 10.1 Å². The molecule has 0 spiro atoms. The molecule has 0 radical (unpaired) electrons. The molecule has 2 aliphatic rings. The first kappa shape index (κ1) is 19.5. The molecular weight excluding hydrogens is 396 g/mol. The highest BCUT2D eigenvalue weighted by atomic mass is 79.9. The Morgan fingerprint density at radius 3 is 2.75 bits per heavy atom. The van der Waals surface area contributed by atoms with Crippen molar-refractivity contribution in [2.45, 2.75) is 69.6 Å². The number of carbonyl (C=O) groups is 1. The number of hydrogen-bond donors (Lipinski definition) is 2. The predicted molar refractivity (Wildman–Crippen MR) is 100 cm³/mol. The van der Waals surface area contributed by atoms with Crippen LogP contribution in [0.3, 0.4) is 0 Å². The Bertz CT molecular complexity index is 513. The molecule has 0 aromatic heterocycles. The zero-order valence-corrected chi connectivity index (χ0v) is 16.8. The number of nitrogens with zero attached hydrogens (tertiary/aromatic N) is 2. The number of ether oxygens (including phenoxy) is 1. The Hall–Kier alpha value is -0.790. The lowest BCUT2D eigenvalue weighted by Gasteiger charge is -2.43. The van der Waals surface area contributed by atoms with Crippen LogP contribution in [0.15, 0.2) is 15.7 Å². The quantitative estimate of drug-likeness (QED) is 0.534. The van der Waals surface area contributed by atoms with Gasteiger partial charge in [-0.1, -0.05) is 30.9 Å². The number of rotatable bonds is 4. The van der Waals surface area contributed by atoms with Gasteiger partial charge in [0.15, 0.2) is 0 Å². The number of hydrogen-bond acceptors (Lipinski definition) is 5. The summed E-state index contributed by atoms with van der Waals surface area (Å²) >= 11 is 9.68. The zero-order chi connectivity index (χ0) is 17.8. The molecular formula is C16H26BrClN4O2. The van der Waals surface area contributed by atoms with E-state index in [1.165, 1.54) is 6.42 Å². The highest BCUT2D eigenvalue weighted by molar-refractivity contribution is 9.12. The first-order chi connectivity index (χ1) is 11.2. The molecule has 1 fully saturated rings. The number of nitrogens with one attached hydrogen (secondary N) is 2. The van der Waals surface area contributed by atoms with E-state index in [0.29, 0.717) is 6.54 Å². The number of alkyl halides is 1. The Morgan fingerprint density at radius 2 is 2.12 bits per heavy atom. The molecule has 2 N–H and O–H groups in total. The van der Waals surface area contributed by atoms with Crippen LogP contribution in [0.5, 0.6) is 0 Å². The highest BCUT2D eigenvalue weighted by Crippen LogP contribution is 2.30.